The number of para-hydroxylation sites is 1. The van der Waals surface area contributed by atoms with Gasteiger partial charge in [-0.05, 0) is 113 Å². The van der Waals surface area contributed by atoms with Gasteiger partial charge in [0.2, 0.25) is 5.28 Å². The highest BCUT2D eigenvalue weighted by molar-refractivity contribution is 6.28. The number of benzene rings is 10. The van der Waals surface area contributed by atoms with Gasteiger partial charge in [-0.2, -0.15) is 9.97 Å². The Hall–Kier alpha value is -8.18. The predicted octanol–water partition coefficient (Wildman–Crippen LogP) is 16.3. The summed E-state index contributed by atoms with van der Waals surface area (Å²) in [6, 6.07) is 76.6. The van der Waals surface area contributed by atoms with Gasteiger partial charge in [0, 0.05) is 38.4 Å². The molecule has 0 bridgehead atoms. The molecule has 67 heavy (non-hydrogen) atoms. The van der Waals surface area contributed by atoms with Gasteiger partial charge in [0.05, 0.1) is 5.52 Å². The van der Waals surface area contributed by atoms with Crippen LogP contribution in [0.3, 0.4) is 0 Å². The fraction of sp³-hybridized carbons (Fsp3) is 0.0484. The molecule has 0 spiro atoms. The predicted molar refractivity (Wildman–Crippen MR) is 278 cm³/mol. The minimum absolute atomic E-state index is 0.163. The van der Waals surface area contributed by atoms with E-state index in [0.717, 1.165) is 45.3 Å². The highest BCUT2D eigenvalue weighted by Gasteiger charge is 2.40. The van der Waals surface area contributed by atoms with Gasteiger partial charge in [-0.1, -0.05) is 201 Å². The van der Waals surface area contributed by atoms with Crippen LogP contribution in [0.1, 0.15) is 23.6 Å². The van der Waals surface area contributed by atoms with Crippen molar-refractivity contribution < 1.29 is 0 Å². The zero-order valence-corrected chi connectivity index (χ0v) is 37.4. The van der Waals surface area contributed by atoms with E-state index in [0.29, 0.717) is 11.6 Å². The number of fused-ring (bicyclic) bond motifs is 9. The Morgan fingerprint density at radius 1 is 0.418 bits per heavy atom. The Balaban J connectivity index is 0.848. The van der Waals surface area contributed by atoms with Crippen LogP contribution >= 0.6 is 11.6 Å². The summed E-state index contributed by atoms with van der Waals surface area (Å²) in [5.41, 5.74) is 17.4. The second-order valence-corrected chi connectivity index (χ2v) is 18.4. The molecule has 0 radical (unpaired) electrons. The Morgan fingerprint density at radius 3 is 1.78 bits per heavy atom. The maximum absolute atomic E-state index is 6.53. The van der Waals surface area contributed by atoms with Crippen molar-refractivity contribution in [1.82, 2.24) is 19.9 Å². The summed E-state index contributed by atoms with van der Waals surface area (Å²) in [6.45, 7) is 2.44. The molecule has 0 aliphatic heterocycles. The maximum Gasteiger partial charge on any atom is 0.226 e. The fourth-order valence-corrected chi connectivity index (χ4v) is 10.9. The monoisotopic (exact) mass is 876 g/mol. The topological polar surface area (TPSA) is 54.5 Å². The van der Waals surface area contributed by atoms with Crippen LogP contribution in [0, 0.1) is 0 Å². The molecule has 0 saturated heterocycles. The van der Waals surface area contributed by atoms with E-state index >= 15 is 0 Å². The van der Waals surface area contributed by atoms with Crippen molar-refractivity contribution in [2.45, 2.75) is 18.8 Å². The van der Waals surface area contributed by atoms with Crippen molar-refractivity contribution in [2.24, 2.45) is 0 Å². The standard InChI is InChI=1S/C62H41ClN4/c1-62(37-38-11-9-17-45(33-38)41-23-27-44(28-24-41)60-65-59(66-61(63)67-60)43-25-21-40(22-26-43)39-12-3-2-4-13-39)54-32-30-42-14-7-8-18-49(42)57(54)52-31-29-48(35-55(52)62)50-19-10-20-51-53-34-46-15-5-6-16-47(46)36-56(53)64-58(50)51/h2-36,64H,37H2,1H3. The van der Waals surface area contributed by atoms with Gasteiger partial charge in [0.25, 0.3) is 0 Å². The van der Waals surface area contributed by atoms with Crippen LogP contribution < -0.4 is 0 Å². The van der Waals surface area contributed by atoms with Crippen molar-refractivity contribution in [2.75, 3.05) is 0 Å². The highest BCUT2D eigenvalue weighted by atomic mass is 35.5. The van der Waals surface area contributed by atoms with Gasteiger partial charge >= 0.3 is 0 Å². The first-order valence-electron chi connectivity index (χ1n) is 22.8. The highest BCUT2D eigenvalue weighted by Crippen LogP contribution is 2.54. The molecule has 2 aromatic heterocycles. The zero-order valence-electron chi connectivity index (χ0n) is 36.6. The van der Waals surface area contributed by atoms with E-state index in [1.165, 1.54) is 76.8 Å². The summed E-state index contributed by atoms with van der Waals surface area (Å²) in [5, 5.41) is 7.70. The van der Waals surface area contributed by atoms with Gasteiger partial charge in [0.15, 0.2) is 11.6 Å². The van der Waals surface area contributed by atoms with Crippen LogP contribution in [0.25, 0.3) is 111 Å². The van der Waals surface area contributed by atoms with E-state index < -0.39 is 0 Å². The molecule has 1 aliphatic rings. The third-order valence-electron chi connectivity index (χ3n) is 14.0. The number of halogens is 1. The lowest BCUT2D eigenvalue weighted by molar-refractivity contribution is 0.583. The summed E-state index contributed by atoms with van der Waals surface area (Å²) in [4.78, 5) is 17.7. The van der Waals surface area contributed by atoms with E-state index in [2.05, 4.69) is 204 Å². The summed E-state index contributed by atoms with van der Waals surface area (Å²) in [5.74, 6) is 1.08. The normalized spacial score (nSPS) is 14.2. The lowest BCUT2D eigenvalue weighted by atomic mass is 9.74. The Labute approximate surface area is 393 Å². The van der Waals surface area contributed by atoms with Gasteiger partial charge in [0.1, 0.15) is 0 Å². The summed E-state index contributed by atoms with van der Waals surface area (Å²) >= 11 is 6.53. The zero-order chi connectivity index (χ0) is 44.6. The van der Waals surface area contributed by atoms with Gasteiger partial charge in [-0.3, -0.25) is 0 Å². The molecule has 2 heterocycles. The minimum Gasteiger partial charge on any atom is -0.354 e. The summed E-state index contributed by atoms with van der Waals surface area (Å²) < 4.78 is 0. The first kappa shape index (κ1) is 39.2. The molecular formula is C62H41ClN4. The number of nitrogens with zero attached hydrogens (tertiary/aromatic N) is 3. The Morgan fingerprint density at radius 2 is 1.01 bits per heavy atom. The van der Waals surface area contributed by atoms with Crippen LogP contribution in [0.2, 0.25) is 5.28 Å². The summed E-state index contributed by atoms with van der Waals surface area (Å²) in [7, 11) is 0. The third kappa shape index (κ3) is 6.63. The minimum atomic E-state index is -0.295. The smallest absolute Gasteiger partial charge is 0.226 e. The molecule has 12 aromatic rings. The molecule has 0 amide bonds. The number of hydrogen-bond donors (Lipinski definition) is 1. The molecule has 1 aliphatic carbocycles. The van der Waals surface area contributed by atoms with Crippen LogP contribution in [0.4, 0.5) is 0 Å². The quantitative estimate of drug-likeness (QED) is 0.174. The molecule has 316 valence electrons. The van der Waals surface area contributed by atoms with Gasteiger partial charge in [-0.15, -0.1) is 0 Å². The van der Waals surface area contributed by atoms with E-state index in [-0.39, 0.29) is 10.7 Å². The van der Waals surface area contributed by atoms with Crippen molar-refractivity contribution >= 4 is 55.0 Å². The maximum atomic E-state index is 6.53. The molecule has 10 aromatic carbocycles. The number of hydrogen-bond acceptors (Lipinski definition) is 3. The van der Waals surface area contributed by atoms with Crippen molar-refractivity contribution in [3.63, 3.8) is 0 Å². The van der Waals surface area contributed by atoms with Crippen LogP contribution in [-0.4, -0.2) is 19.9 Å². The molecule has 13 rings (SSSR count). The third-order valence-corrected chi connectivity index (χ3v) is 14.2. The lowest BCUT2D eigenvalue weighted by Crippen LogP contribution is -2.24. The summed E-state index contributed by atoms with van der Waals surface area (Å²) in [6.07, 6.45) is 0.836. The van der Waals surface area contributed by atoms with Crippen molar-refractivity contribution in [3.8, 4) is 67.3 Å². The average Bonchev–Trinajstić information content (AvgIpc) is 3.87. The van der Waals surface area contributed by atoms with E-state index in [4.69, 9.17) is 16.6 Å². The van der Waals surface area contributed by atoms with Crippen LogP contribution in [-0.2, 0) is 11.8 Å². The number of rotatable bonds is 7. The van der Waals surface area contributed by atoms with E-state index in [1.807, 2.05) is 30.3 Å². The number of H-pyrrole nitrogens is 1. The molecule has 1 unspecified atom stereocenters. The first-order valence-corrected chi connectivity index (χ1v) is 23.2. The number of aromatic amines is 1. The van der Waals surface area contributed by atoms with E-state index in [1.54, 1.807) is 0 Å². The largest absolute Gasteiger partial charge is 0.354 e. The second-order valence-electron chi connectivity index (χ2n) is 18.0. The molecule has 5 heteroatoms. The first-order chi connectivity index (χ1) is 32.9. The second kappa shape index (κ2) is 15.5. The SMILES string of the molecule is CC1(Cc2cccc(-c3ccc(-c4nc(Cl)nc(-c5ccc(-c6ccccc6)cc5)n4)cc3)c2)c2cc(-c3cccc4c3[nH]c3cc5ccccc5cc34)ccc2-c2c1ccc1ccccc21. The Bertz CT molecular complexity index is 3910. The van der Waals surface area contributed by atoms with Gasteiger partial charge in [-0.25, -0.2) is 4.98 Å². The molecule has 0 saturated carbocycles. The molecule has 1 atom stereocenters. The van der Waals surface area contributed by atoms with Crippen LogP contribution in [0.15, 0.2) is 212 Å². The van der Waals surface area contributed by atoms with Crippen LogP contribution in [0.5, 0.6) is 0 Å². The number of aromatic nitrogens is 4. The molecule has 4 nitrogen and oxygen atoms in total. The van der Waals surface area contributed by atoms with E-state index in [9.17, 15) is 0 Å². The Kier molecular flexibility index (Phi) is 9.06. The lowest BCUT2D eigenvalue weighted by Gasteiger charge is -2.28. The molecular weight excluding hydrogens is 836 g/mol. The fourth-order valence-electron chi connectivity index (χ4n) is 10.7. The van der Waals surface area contributed by atoms with Crippen molar-refractivity contribution in [3.05, 3.63) is 234 Å². The average molecular weight is 877 g/mol. The van der Waals surface area contributed by atoms with Gasteiger partial charge < -0.3 is 4.98 Å². The number of nitrogens with one attached hydrogen (secondary N) is 1. The molecule has 1 N–H and O–H groups in total. The molecule has 0 fully saturated rings. The van der Waals surface area contributed by atoms with Crippen molar-refractivity contribution in [1.29, 1.82) is 0 Å².